The van der Waals surface area contributed by atoms with Gasteiger partial charge in [0.2, 0.25) is 0 Å². The number of nitrogens with zero attached hydrogens (tertiary/aromatic N) is 3. The molecule has 1 aromatic carbocycles. The third-order valence-corrected chi connectivity index (χ3v) is 6.00. The van der Waals surface area contributed by atoms with Gasteiger partial charge in [0.05, 0.1) is 0 Å². The Hall–Kier alpha value is -2.51. The Morgan fingerprint density at radius 2 is 2.21 bits per heavy atom. The number of hydrogen-bond donors (Lipinski definition) is 1. The molecule has 3 heterocycles. The third kappa shape index (κ3) is 4.66. The first-order valence-electron chi connectivity index (χ1n) is 9.61. The Kier molecular flexibility index (Phi) is 5.83. The van der Waals surface area contributed by atoms with E-state index in [0.29, 0.717) is 23.9 Å². The monoisotopic (exact) mass is 396 g/mol. The number of amides is 1. The summed E-state index contributed by atoms with van der Waals surface area (Å²) in [5.41, 5.74) is 1.52. The van der Waals surface area contributed by atoms with Crippen molar-refractivity contribution in [3.63, 3.8) is 0 Å². The van der Waals surface area contributed by atoms with Gasteiger partial charge in [0.25, 0.3) is 5.91 Å². The second kappa shape index (κ2) is 8.67. The molecule has 0 aliphatic carbocycles. The highest BCUT2D eigenvalue weighted by atomic mass is 32.1. The molecule has 0 radical (unpaired) electrons. The number of thiazole rings is 1. The normalized spacial score (nSPS) is 17.5. The minimum atomic E-state index is -0.163. The minimum Gasteiger partial charge on any atom is -0.361 e. The highest BCUT2D eigenvalue weighted by Gasteiger charge is 2.22. The van der Waals surface area contributed by atoms with E-state index in [1.807, 2.05) is 24.4 Å². The standard InChI is InChI=1S/C21H24N4O2S/c1-15-10-19(24-27-15)20(26)22-11-16-6-5-9-25(13-16)14-18-12-23-21(28-18)17-7-3-2-4-8-17/h2-4,7-8,10,12,16H,5-6,9,11,13-14H2,1H3,(H,22,26). The maximum Gasteiger partial charge on any atom is 0.273 e. The maximum atomic E-state index is 12.2. The van der Waals surface area contributed by atoms with Crippen LogP contribution in [0, 0.1) is 12.8 Å². The Morgan fingerprint density at radius 3 is 3.00 bits per heavy atom. The zero-order valence-corrected chi connectivity index (χ0v) is 16.7. The molecule has 0 bridgehead atoms. The molecule has 0 spiro atoms. The largest absolute Gasteiger partial charge is 0.361 e. The van der Waals surface area contributed by atoms with E-state index in [4.69, 9.17) is 4.52 Å². The van der Waals surface area contributed by atoms with Gasteiger partial charge in [-0.15, -0.1) is 11.3 Å². The van der Waals surface area contributed by atoms with E-state index in [9.17, 15) is 4.79 Å². The quantitative estimate of drug-likeness (QED) is 0.687. The first kappa shape index (κ1) is 18.8. The van der Waals surface area contributed by atoms with E-state index < -0.39 is 0 Å². The van der Waals surface area contributed by atoms with Gasteiger partial charge in [-0.2, -0.15) is 0 Å². The first-order chi connectivity index (χ1) is 13.7. The average Bonchev–Trinajstić information content (AvgIpc) is 3.36. The number of piperidine rings is 1. The Morgan fingerprint density at radius 1 is 1.36 bits per heavy atom. The molecule has 146 valence electrons. The van der Waals surface area contributed by atoms with Crippen LogP contribution in [-0.4, -0.2) is 40.6 Å². The summed E-state index contributed by atoms with van der Waals surface area (Å²) in [5, 5.41) is 7.84. The lowest BCUT2D eigenvalue weighted by atomic mass is 9.98. The molecule has 1 aliphatic rings. The molecular formula is C21H24N4O2S. The first-order valence-corrected chi connectivity index (χ1v) is 10.4. The SMILES string of the molecule is Cc1cc(C(=O)NCC2CCCN(Cc3cnc(-c4ccccc4)s3)C2)no1. The van der Waals surface area contributed by atoms with E-state index in [-0.39, 0.29) is 5.91 Å². The molecule has 2 aromatic heterocycles. The van der Waals surface area contributed by atoms with Crippen molar-refractivity contribution < 1.29 is 9.32 Å². The van der Waals surface area contributed by atoms with Crippen LogP contribution < -0.4 is 5.32 Å². The lowest BCUT2D eigenvalue weighted by Gasteiger charge is -2.32. The lowest BCUT2D eigenvalue weighted by Crippen LogP contribution is -2.40. The molecular weight excluding hydrogens is 372 g/mol. The fourth-order valence-corrected chi connectivity index (χ4v) is 4.54. The van der Waals surface area contributed by atoms with Gasteiger partial charge in [-0.1, -0.05) is 35.5 Å². The van der Waals surface area contributed by atoms with Gasteiger partial charge in [0, 0.05) is 42.3 Å². The number of carbonyl (C=O) groups excluding carboxylic acids is 1. The average molecular weight is 397 g/mol. The number of rotatable bonds is 6. The van der Waals surface area contributed by atoms with E-state index in [0.717, 1.165) is 37.5 Å². The van der Waals surface area contributed by atoms with E-state index in [2.05, 4.69) is 32.5 Å². The summed E-state index contributed by atoms with van der Waals surface area (Å²) in [5.74, 6) is 0.935. The van der Waals surface area contributed by atoms with Crippen molar-refractivity contribution in [1.29, 1.82) is 0 Å². The van der Waals surface area contributed by atoms with Gasteiger partial charge < -0.3 is 9.84 Å². The third-order valence-electron chi connectivity index (χ3n) is 4.97. The molecule has 1 aliphatic heterocycles. The molecule has 3 aromatic rings. The van der Waals surface area contributed by atoms with Crippen LogP contribution in [0.4, 0.5) is 0 Å². The Bertz CT molecular complexity index is 921. The van der Waals surface area contributed by atoms with Crippen molar-refractivity contribution in [2.24, 2.45) is 5.92 Å². The molecule has 0 saturated carbocycles. The molecule has 4 rings (SSSR count). The summed E-state index contributed by atoms with van der Waals surface area (Å²) in [6.07, 6.45) is 4.27. The van der Waals surface area contributed by atoms with Crippen molar-refractivity contribution >= 4 is 17.2 Å². The van der Waals surface area contributed by atoms with Gasteiger partial charge in [-0.25, -0.2) is 4.98 Å². The summed E-state index contributed by atoms with van der Waals surface area (Å²) in [6, 6.07) is 12.0. The zero-order chi connectivity index (χ0) is 19.3. The molecule has 1 unspecified atom stereocenters. The molecule has 28 heavy (non-hydrogen) atoms. The van der Waals surface area contributed by atoms with Crippen LogP contribution in [0.15, 0.2) is 47.1 Å². The molecule has 1 fully saturated rings. The second-order valence-electron chi connectivity index (χ2n) is 7.27. The number of aromatic nitrogens is 2. The van der Waals surface area contributed by atoms with Gasteiger partial charge in [-0.05, 0) is 32.2 Å². The van der Waals surface area contributed by atoms with Crippen LogP contribution in [0.3, 0.4) is 0 Å². The molecule has 1 saturated heterocycles. The number of benzene rings is 1. The topological polar surface area (TPSA) is 71.3 Å². The van der Waals surface area contributed by atoms with Crippen LogP contribution in [0.2, 0.25) is 0 Å². The summed E-state index contributed by atoms with van der Waals surface area (Å²) in [7, 11) is 0. The number of likely N-dealkylation sites (tertiary alicyclic amines) is 1. The lowest BCUT2D eigenvalue weighted by molar-refractivity contribution is 0.0922. The summed E-state index contributed by atoms with van der Waals surface area (Å²) in [4.78, 5) is 20.5. The van der Waals surface area contributed by atoms with E-state index >= 15 is 0 Å². The maximum absolute atomic E-state index is 12.2. The zero-order valence-electron chi connectivity index (χ0n) is 15.9. The summed E-state index contributed by atoms with van der Waals surface area (Å²) in [6.45, 7) is 5.43. The van der Waals surface area contributed by atoms with Gasteiger partial charge in [0.1, 0.15) is 10.8 Å². The van der Waals surface area contributed by atoms with Crippen LogP contribution >= 0.6 is 11.3 Å². The van der Waals surface area contributed by atoms with Crippen LogP contribution in [0.25, 0.3) is 10.6 Å². The van der Waals surface area contributed by atoms with Crippen molar-refractivity contribution in [3.05, 3.63) is 58.9 Å². The smallest absolute Gasteiger partial charge is 0.273 e. The second-order valence-corrected chi connectivity index (χ2v) is 8.39. The van der Waals surface area contributed by atoms with E-state index in [1.165, 1.54) is 10.4 Å². The van der Waals surface area contributed by atoms with Gasteiger partial charge in [0.15, 0.2) is 5.69 Å². The fourth-order valence-electron chi connectivity index (χ4n) is 3.58. The highest BCUT2D eigenvalue weighted by Crippen LogP contribution is 2.27. The number of nitrogens with one attached hydrogen (secondary N) is 1. The summed E-state index contributed by atoms with van der Waals surface area (Å²) >= 11 is 1.76. The molecule has 1 N–H and O–H groups in total. The summed E-state index contributed by atoms with van der Waals surface area (Å²) < 4.78 is 4.97. The predicted molar refractivity (Wildman–Crippen MR) is 109 cm³/mol. The molecule has 6 nitrogen and oxygen atoms in total. The minimum absolute atomic E-state index is 0.163. The van der Waals surface area contributed by atoms with Gasteiger partial charge in [-0.3, -0.25) is 9.69 Å². The van der Waals surface area contributed by atoms with E-state index in [1.54, 1.807) is 24.3 Å². The highest BCUT2D eigenvalue weighted by molar-refractivity contribution is 7.15. The van der Waals surface area contributed by atoms with Crippen LogP contribution in [0.1, 0.15) is 34.0 Å². The predicted octanol–water partition coefficient (Wildman–Crippen LogP) is 3.75. The Labute approximate surface area is 168 Å². The number of aryl methyl sites for hydroxylation is 1. The fraction of sp³-hybridized carbons (Fsp3) is 0.381. The molecule has 1 amide bonds. The van der Waals surface area contributed by atoms with Crippen molar-refractivity contribution in [3.8, 4) is 10.6 Å². The molecule has 7 heteroatoms. The van der Waals surface area contributed by atoms with Crippen molar-refractivity contribution in [2.45, 2.75) is 26.3 Å². The Balaban J connectivity index is 1.29. The van der Waals surface area contributed by atoms with Crippen molar-refractivity contribution in [1.82, 2.24) is 20.4 Å². The number of hydrogen-bond acceptors (Lipinski definition) is 6. The van der Waals surface area contributed by atoms with Gasteiger partial charge >= 0.3 is 0 Å². The van der Waals surface area contributed by atoms with Crippen LogP contribution in [0.5, 0.6) is 0 Å². The molecule has 1 atom stereocenters. The number of carbonyl (C=O) groups is 1. The van der Waals surface area contributed by atoms with Crippen molar-refractivity contribution in [2.75, 3.05) is 19.6 Å². The van der Waals surface area contributed by atoms with Crippen LogP contribution in [-0.2, 0) is 6.54 Å².